The summed E-state index contributed by atoms with van der Waals surface area (Å²) >= 11 is 6.00. The Hall–Kier alpha value is -2.77. The van der Waals surface area contributed by atoms with Crippen LogP contribution in [0.2, 0.25) is 5.02 Å². The fourth-order valence-corrected chi connectivity index (χ4v) is 3.39. The Labute approximate surface area is 165 Å². The van der Waals surface area contributed by atoms with Gasteiger partial charge in [0.25, 0.3) is 0 Å². The summed E-state index contributed by atoms with van der Waals surface area (Å²) in [5.41, 5.74) is 6.14. The van der Waals surface area contributed by atoms with E-state index in [9.17, 15) is 18.4 Å². The molecule has 3 rings (SSSR count). The highest BCUT2D eigenvalue weighted by Crippen LogP contribution is 2.28. The molecule has 2 amide bonds. The Morgan fingerprint density at radius 1 is 1.14 bits per heavy atom. The van der Waals surface area contributed by atoms with E-state index in [1.165, 1.54) is 6.07 Å². The molecule has 2 aromatic carbocycles. The van der Waals surface area contributed by atoms with E-state index in [2.05, 4.69) is 10.6 Å². The van der Waals surface area contributed by atoms with E-state index in [4.69, 9.17) is 17.3 Å². The number of nitrogens with one attached hydrogen (secondary N) is 2. The molecule has 0 aromatic heterocycles. The minimum absolute atomic E-state index is 0.143. The number of hydrogen-bond donors (Lipinski definition) is 3. The number of nitrogens with two attached hydrogens (primary N) is 1. The summed E-state index contributed by atoms with van der Waals surface area (Å²) in [6.07, 6.45) is -0.143. The molecule has 1 heterocycles. The highest BCUT2D eigenvalue weighted by Gasteiger charge is 2.27. The van der Waals surface area contributed by atoms with Gasteiger partial charge in [-0.1, -0.05) is 29.8 Å². The fraction of sp³-hybridized carbons (Fsp3) is 0.200. The molecule has 0 fully saturated rings. The predicted molar refractivity (Wildman–Crippen MR) is 102 cm³/mol. The average Bonchev–Trinajstić information content (AvgIpc) is 3.10. The topological polar surface area (TPSA) is 84.2 Å². The molecule has 1 atom stereocenters. The summed E-state index contributed by atoms with van der Waals surface area (Å²) < 4.78 is 28.3. The summed E-state index contributed by atoms with van der Waals surface area (Å²) in [6, 6.07) is 9.50. The molecular formula is C20H18ClF2N3O2. The van der Waals surface area contributed by atoms with Crippen LogP contribution in [0.3, 0.4) is 0 Å². The molecule has 8 heteroatoms. The van der Waals surface area contributed by atoms with Crippen LogP contribution in [0.25, 0.3) is 5.57 Å². The minimum Gasteiger partial charge on any atom is -0.370 e. The van der Waals surface area contributed by atoms with Crippen molar-refractivity contribution in [1.82, 2.24) is 10.6 Å². The van der Waals surface area contributed by atoms with Crippen molar-refractivity contribution in [2.45, 2.75) is 12.5 Å². The van der Waals surface area contributed by atoms with Crippen LogP contribution in [-0.4, -0.2) is 24.9 Å². The zero-order valence-corrected chi connectivity index (χ0v) is 15.5. The van der Waals surface area contributed by atoms with Crippen molar-refractivity contribution in [3.8, 4) is 0 Å². The maximum atomic E-state index is 14.2. The number of carbonyl (C=O) groups is 2. The Bertz CT molecular complexity index is 942. The summed E-state index contributed by atoms with van der Waals surface area (Å²) in [6.45, 7) is 0.298. The first-order valence-corrected chi connectivity index (χ1v) is 8.96. The van der Waals surface area contributed by atoms with Gasteiger partial charge >= 0.3 is 0 Å². The molecule has 0 saturated heterocycles. The zero-order valence-electron chi connectivity index (χ0n) is 14.8. The van der Waals surface area contributed by atoms with E-state index in [1.54, 1.807) is 24.3 Å². The smallest absolute Gasteiger partial charge is 0.249 e. The molecule has 0 spiro atoms. The molecule has 0 bridgehead atoms. The molecule has 1 aliphatic heterocycles. The van der Waals surface area contributed by atoms with E-state index in [1.807, 2.05) is 0 Å². The third kappa shape index (κ3) is 4.37. The van der Waals surface area contributed by atoms with Crippen molar-refractivity contribution >= 4 is 29.0 Å². The number of hydrogen-bond acceptors (Lipinski definition) is 3. The van der Waals surface area contributed by atoms with Crippen molar-refractivity contribution in [1.29, 1.82) is 0 Å². The summed E-state index contributed by atoms with van der Waals surface area (Å²) in [5, 5.41) is 6.11. The number of primary amides is 1. The Morgan fingerprint density at radius 2 is 1.82 bits per heavy atom. The standard InChI is InChI=1S/C20H18ClF2N3O2/c21-12-4-1-3-11(7-12)17(8-18(24)27)26-20(28)14-10-25-9-13(14)19-15(22)5-2-6-16(19)23/h1-7,17,25H,8-10H2,(H2,24,27)(H,26,28)/t17-/m0/s1. The molecular weight excluding hydrogens is 388 g/mol. The predicted octanol–water partition coefficient (Wildman–Crippen LogP) is 2.71. The van der Waals surface area contributed by atoms with Crippen LogP contribution < -0.4 is 16.4 Å². The largest absolute Gasteiger partial charge is 0.370 e. The third-order valence-electron chi connectivity index (χ3n) is 4.47. The van der Waals surface area contributed by atoms with Crippen LogP contribution in [0.15, 0.2) is 48.0 Å². The lowest BCUT2D eigenvalue weighted by Crippen LogP contribution is -2.33. The van der Waals surface area contributed by atoms with Gasteiger partial charge in [-0.3, -0.25) is 9.59 Å². The summed E-state index contributed by atoms with van der Waals surface area (Å²) in [5.74, 6) is -2.63. The minimum atomic E-state index is -0.743. The van der Waals surface area contributed by atoms with E-state index in [-0.39, 0.29) is 36.2 Å². The lowest BCUT2D eigenvalue weighted by Gasteiger charge is -2.19. The molecule has 0 aliphatic carbocycles. The van der Waals surface area contributed by atoms with Gasteiger partial charge in [-0.25, -0.2) is 8.78 Å². The van der Waals surface area contributed by atoms with Gasteiger partial charge in [0.15, 0.2) is 0 Å². The van der Waals surface area contributed by atoms with Gasteiger partial charge in [0.05, 0.1) is 18.0 Å². The van der Waals surface area contributed by atoms with E-state index < -0.39 is 29.5 Å². The van der Waals surface area contributed by atoms with Crippen molar-refractivity contribution in [2.75, 3.05) is 13.1 Å². The van der Waals surface area contributed by atoms with Crippen molar-refractivity contribution < 1.29 is 18.4 Å². The van der Waals surface area contributed by atoms with Crippen LogP contribution in [0.5, 0.6) is 0 Å². The van der Waals surface area contributed by atoms with Gasteiger partial charge < -0.3 is 16.4 Å². The quantitative estimate of drug-likeness (QED) is 0.691. The Balaban J connectivity index is 1.93. The van der Waals surface area contributed by atoms with Gasteiger partial charge in [0.1, 0.15) is 11.6 Å². The van der Waals surface area contributed by atoms with Gasteiger partial charge in [-0.05, 0) is 35.4 Å². The Morgan fingerprint density at radius 3 is 2.46 bits per heavy atom. The number of benzene rings is 2. The molecule has 0 radical (unpaired) electrons. The van der Waals surface area contributed by atoms with Crippen LogP contribution in [0, 0.1) is 11.6 Å². The SMILES string of the molecule is NC(=O)C[C@H](NC(=O)C1=C(c2c(F)cccc2F)CNC1)c1cccc(Cl)c1. The maximum absolute atomic E-state index is 14.2. The molecule has 146 valence electrons. The first-order valence-electron chi connectivity index (χ1n) is 8.58. The molecule has 4 N–H and O–H groups in total. The third-order valence-corrected chi connectivity index (χ3v) is 4.70. The summed E-state index contributed by atoms with van der Waals surface area (Å²) in [4.78, 5) is 24.3. The second-order valence-electron chi connectivity index (χ2n) is 6.41. The number of carbonyl (C=O) groups excluding carboxylic acids is 2. The van der Waals surface area contributed by atoms with Crippen LogP contribution in [0.4, 0.5) is 8.78 Å². The van der Waals surface area contributed by atoms with Crippen molar-refractivity contribution in [2.24, 2.45) is 5.73 Å². The van der Waals surface area contributed by atoms with Crippen LogP contribution in [-0.2, 0) is 9.59 Å². The van der Waals surface area contributed by atoms with Crippen LogP contribution >= 0.6 is 11.6 Å². The first-order chi connectivity index (χ1) is 13.4. The van der Waals surface area contributed by atoms with Crippen molar-refractivity contribution in [3.05, 3.63) is 75.8 Å². The number of rotatable bonds is 6. The molecule has 5 nitrogen and oxygen atoms in total. The van der Waals surface area contributed by atoms with E-state index in [0.717, 1.165) is 12.1 Å². The maximum Gasteiger partial charge on any atom is 0.249 e. The molecule has 2 aromatic rings. The van der Waals surface area contributed by atoms with Gasteiger partial charge in [-0.15, -0.1) is 0 Å². The van der Waals surface area contributed by atoms with Crippen LogP contribution in [0.1, 0.15) is 23.6 Å². The average molecular weight is 406 g/mol. The van der Waals surface area contributed by atoms with Gasteiger partial charge in [-0.2, -0.15) is 0 Å². The van der Waals surface area contributed by atoms with E-state index in [0.29, 0.717) is 10.6 Å². The highest BCUT2D eigenvalue weighted by molar-refractivity contribution is 6.30. The lowest BCUT2D eigenvalue weighted by atomic mass is 9.99. The summed E-state index contributed by atoms with van der Waals surface area (Å²) in [7, 11) is 0. The molecule has 28 heavy (non-hydrogen) atoms. The van der Waals surface area contributed by atoms with E-state index >= 15 is 0 Å². The first kappa shape index (κ1) is 20.0. The van der Waals surface area contributed by atoms with Gasteiger partial charge in [0, 0.05) is 23.7 Å². The van der Waals surface area contributed by atoms with Gasteiger partial charge in [0.2, 0.25) is 11.8 Å². The monoisotopic (exact) mass is 405 g/mol. The molecule has 0 saturated carbocycles. The lowest BCUT2D eigenvalue weighted by molar-refractivity contribution is -0.120. The fourth-order valence-electron chi connectivity index (χ4n) is 3.19. The second kappa shape index (κ2) is 8.50. The molecule has 0 unspecified atom stereocenters. The zero-order chi connectivity index (χ0) is 20.3. The number of amides is 2. The molecule has 1 aliphatic rings. The Kier molecular flexibility index (Phi) is 6.06. The highest BCUT2D eigenvalue weighted by atomic mass is 35.5. The number of halogens is 3. The van der Waals surface area contributed by atoms with Crippen molar-refractivity contribution in [3.63, 3.8) is 0 Å². The second-order valence-corrected chi connectivity index (χ2v) is 6.85. The normalized spacial score (nSPS) is 14.8.